The van der Waals surface area contributed by atoms with E-state index < -0.39 is 12.1 Å². The van der Waals surface area contributed by atoms with Crippen LogP contribution < -0.4 is 10.6 Å². The summed E-state index contributed by atoms with van der Waals surface area (Å²) in [5, 5.41) is 5.41. The van der Waals surface area contributed by atoms with Crippen LogP contribution in [-0.2, 0) is 14.3 Å². The lowest BCUT2D eigenvalue weighted by Gasteiger charge is -2.18. The predicted octanol–water partition coefficient (Wildman–Crippen LogP) is 3.07. The minimum atomic E-state index is -0.946. The molecule has 2 amide bonds. The number of rotatable bonds is 6. The molecule has 6 nitrogen and oxygen atoms in total. The first kappa shape index (κ1) is 19.2. The minimum absolute atomic E-state index is 0.201. The van der Waals surface area contributed by atoms with Gasteiger partial charge in [-0.3, -0.25) is 9.59 Å². The van der Waals surface area contributed by atoms with Gasteiger partial charge in [0.25, 0.3) is 5.91 Å². The third-order valence-corrected chi connectivity index (χ3v) is 3.73. The number of anilines is 1. The number of hydrogen-bond acceptors (Lipinski definition) is 4. The molecule has 2 unspecified atom stereocenters. The Hall–Kier alpha value is -3.15. The molecule has 2 N–H and O–H groups in total. The maximum Gasteiger partial charge on any atom is 0.338 e. The number of hydrogen-bond donors (Lipinski definition) is 2. The van der Waals surface area contributed by atoms with Gasteiger partial charge in [-0.15, -0.1) is 0 Å². The minimum Gasteiger partial charge on any atom is -0.449 e. The molecule has 2 aromatic rings. The highest BCUT2D eigenvalue weighted by Gasteiger charge is 2.21. The molecule has 0 radical (unpaired) electrons. The Bertz CT molecular complexity index is 789. The van der Waals surface area contributed by atoms with E-state index in [2.05, 4.69) is 10.6 Å². The van der Waals surface area contributed by atoms with E-state index in [1.165, 1.54) is 19.9 Å². The van der Waals surface area contributed by atoms with Crippen molar-refractivity contribution >= 4 is 23.5 Å². The van der Waals surface area contributed by atoms with E-state index in [-0.39, 0.29) is 23.4 Å². The summed E-state index contributed by atoms with van der Waals surface area (Å²) < 4.78 is 5.23. The van der Waals surface area contributed by atoms with Crippen LogP contribution in [0.3, 0.4) is 0 Å². The van der Waals surface area contributed by atoms with Crippen molar-refractivity contribution in [2.24, 2.45) is 0 Å². The molecule has 0 heterocycles. The largest absolute Gasteiger partial charge is 0.449 e. The highest BCUT2D eigenvalue weighted by atomic mass is 16.5. The van der Waals surface area contributed by atoms with E-state index >= 15 is 0 Å². The summed E-state index contributed by atoms with van der Waals surface area (Å²) >= 11 is 0. The molecule has 0 aliphatic carbocycles. The third kappa shape index (κ3) is 5.44. The first-order chi connectivity index (χ1) is 12.4. The first-order valence-corrected chi connectivity index (χ1v) is 8.30. The average molecular weight is 354 g/mol. The van der Waals surface area contributed by atoms with Gasteiger partial charge in [-0.2, -0.15) is 0 Å². The van der Waals surface area contributed by atoms with E-state index in [1.54, 1.807) is 18.2 Å². The molecule has 0 fully saturated rings. The number of esters is 1. The van der Waals surface area contributed by atoms with Crippen LogP contribution in [0.4, 0.5) is 5.69 Å². The number of ether oxygens (including phenoxy) is 1. The zero-order valence-corrected chi connectivity index (χ0v) is 15.0. The molecule has 0 bridgehead atoms. The Morgan fingerprint density at radius 1 is 0.962 bits per heavy atom. The molecule has 2 atom stereocenters. The summed E-state index contributed by atoms with van der Waals surface area (Å²) in [5.74, 6) is -1.25. The van der Waals surface area contributed by atoms with Crippen LogP contribution in [0.1, 0.15) is 42.7 Å². The Morgan fingerprint density at radius 2 is 1.65 bits per heavy atom. The summed E-state index contributed by atoms with van der Waals surface area (Å²) in [5.41, 5.74) is 1.70. The van der Waals surface area contributed by atoms with Crippen LogP contribution in [-0.4, -0.2) is 23.9 Å². The lowest BCUT2D eigenvalue weighted by Crippen LogP contribution is -2.37. The summed E-state index contributed by atoms with van der Waals surface area (Å²) in [4.78, 5) is 35.6. The van der Waals surface area contributed by atoms with Crippen LogP contribution in [0, 0.1) is 0 Å². The number of amides is 2. The highest BCUT2D eigenvalue weighted by molar-refractivity contribution is 5.95. The fourth-order valence-electron chi connectivity index (χ4n) is 2.37. The van der Waals surface area contributed by atoms with Crippen molar-refractivity contribution < 1.29 is 19.1 Å². The van der Waals surface area contributed by atoms with Crippen molar-refractivity contribution in [2.45, 2.75) is 32.9 Å². The van der Waals surface area contributed by atoms with Gasteiger partial charge in [0.15, 0.2) is 6.10 Å². The zero-order valence-electron chi connectivity index (χ0n) is 15.0. The standard InChI is InChI=1S/C20H22N2O4/c1-13(16-8-5-4-6-9-16)21-19(24)14(2)26-20(25)17-10-7-11-18(12-17)22-15(3)23/h4-14H,1-3H3,(H,21,24)(H,22,23). The molecule has 2 rings (SSSR count). The van der Waals surface area contributed by atoms with Crippen molar-refractivity contribution in [1.29, 1.82) is 0 Å². The second kappa shape index (κ2) is 8.80. The fraction of sp³-hybridized carbons (Fsp3) is 0.250. The maximum atomic E-state index is 12.3. The zero-order chi connectivity index (χ0) is 19.1. The van der Waals surface area contributed by atoms with Crippen LogP contribution in [0.15, 0.2) is 54.6 Å². The smallest absolute Gasteiger partial charge is 0.338 e. The van der Waals surface area contributed by atoms with E-state index in [0.717, 1.165) is 5.56 Å². The van der Waals surface area contributed by atoms with Gasteiger partial charge in [0.2, 0.25) is 5.91 Å². The third-order valence-electron chi connectivity index (χ3n) is 3.73. The van der Waals surface area contributed by atoms with Gasteiger partial charge in [0.05, 0.1) is 11.6 Å². The van der Waals surface area contributed by atoms with Gasteiger partial charge in [0, 0.05) is 12.6 Å². The Balaban J connectivity index is 1.95. The quantitative estimate of drug-likeness (QED) is 0.781. The second-order valence-electron chi connectivity index (χ2n) is 5.95. The molecular weight excluding hydrogens is 332 g/mol. The molecule has 0 spiro atoms. The molecule has 0 aliphatic rings. The lowest BCUT2D eigenvalue weighted by molar-refractivity contribution is -0.129. The fourth-order valence-corrected chi connectivity index (χ4v) is 2.37. The Labute approximate surface area is 152 Å². The summed E-state index contributed by atoms with van der Waals surface area (Å²) in [7, 11) is 0. The van der Waals surface area contributed by atoms with Crippen LogP contribution in [0.25, 0.3) is 0 Å². The maximum absolute atomic E-state index is 12.3. The summed E-state index contributed by atoms with van der Waals surface area (Å²) in [6, 6.07) is 15.7. The number of benzene rings is 2. The van der Waals surface area contributed by atoms with Crippen LogP contribution in [0.2, 0.25) is 0 Å². The molecule has 0 saturated heterocycles. The van der Waals surface area contributed by atoms with Gasteiger partial charge in [-0.05, 0) is 37.6 Å². The van der Waals surface area contributed by atoms with E-state index in [1.807, 2.05) is 37.3 Å². The van der Waals surface area contributed by atoms with Crippen molar-refractivity contribution in [3.8, 4) is 0 Å². The van der Waals surface area contributed by atoms with Crippen molar-refractivity contribution in [3.05, 3.63) is 65.7 Å². The van der Waals surface area contributed by atoms with Crippen LogP contribution >= 0.6 is 0 Å². The predicted molar refractivity (Wildman–Crippen MR) is 98.6 cm³/mol. The van der Waals surface area contributed by atoms with Crippen molar-refractivity contribution in [3.63, 3.8) is 0 Å². The van der Waals surface area contributed by atoms with Crippen molar-refractivity contribution in [1.82, 2.24) is 5.32 Å². The molecule has 2 aromatic carbocycles. The number of nitrogens with one attached hydrogen (secondary N) is 2. The summed E-state index contributed by atoms with van der Waals surface area (Å²) in [6.07, 6.45) is -0.946. The second-order valence-corrected chi connectivity index (χ2v) is 5.95. The molecule has 0 aromatic heterocycles. The van der Waals surface area contributed by atoms with Gasteiger partial charge < -0.3 is 15.4 Å². The van der Waals surface area contributed by atoms with E-state index in [9.17, 15) is 14.4 Å². The van der Waals surface area contributed by atoms with Gasteiger partial charge in [-0.1, -0.05) is 36.4 Å². The van der Waals surface area contributed by atoms with E-state index in [4.69, 9.17) is 4.74 Å². The van der Waals surface area contributed by atoms with Crippen LogP contribution in [0.5, 0.6) is 0 Å². The summed E-state index contributed by atoms with van der Waals surface area (Å²) in [6.45, 7) is 4.76. The average Bonchev–Trinajstić information content (AvgIpc) is 2.62. The van der Waals surface area contributed by atoms with Gasteiger partial charge in [0.1, 0.15) is 0 Å². The Kier molecular flexibility index (Phi) is 6.49. The topological polar surface area (TPSA) is 84.5 Å². The molecule has 0 saturated carbocycles. The molecule has 6 heteroatoms. The number of carbonyl (C=O) groups is 3. The monoisotopic (exact) mass is 354 g/mol. The van der Waals surface area contributed by atoms with Crippen molar-refractivity contribution in [2.75, 3.05) is 5.32 Å². The highest BCUT2D eigenvalue weighted by Crippen LogP contribution is 2.14. The normalized spacial score (nSPS) is 12.6. The lowest BCUT2D eigenvalue weighted by atomic mass is 10.1. The SMILES string of the molecule is CC(=O)Nc1cccc(C(=O)OC(C)C(=O)NC(C)c2ccccc2)c1. The Morgan fingerprint density at radius 3 is 2.31 bits per heavy atom. The van der Waals surface area contributed by atoms with E-state index in [0.29, 0.717) is 5.69 Å². The number of carbonyl (C=O) groups excluding carboxylic acids is 3. The molecule has 26 heavy (non-hydrogen) atoms. The molecular formula is C20H22N2O4. The first-order valence-electron chi connectivity index (χ1n) is 8.30. The molecule has 136 valence electrons. The van der Waals surface area contributed by atoms with Gasteiger partial charge in [-0.25, -0.2) is 4.79 Å². The molecule has 0 aliphatic heterocycles. The van der Waals surface area contributed by atoms with Gasteiger partial charge >= 0.3 is 5.97 Å².